The third-order valence-electron chi connectivity index (χ3n) is 5.69. The van der Waals surface area contributed by atoms with Crippen LogP contribution in [-0.2, 0) is 4.79 Å². The van der Waals surface area contributed by atoms with Crippen molar-refractivity contribution in [2.24, 2.45) is 4.99 Å². The van der Waals surface area contributed by atoms with Crippen molar-refractivity contribution in [3.8, 4) is 12.3 Å². The number of aromatic nitrogens is 3. The minimum absolute atomic E-state index is 0.0920. The summed E-state index contributed by atoms with van der Waals surface area (Å²) < 4.78 is 0.423. The molecule has 0 radical (unpaired) electrons. The van der Waals surface area contributed by atoms with Crippen molar-refractivity contribution in [1.29, 1.82) is 0 Å². The molecule has 0 saturated heterocycles. The van der Waals surface area contributed by atoms with Crippen LogP contribution in [0.3, 0.4) is 0 Å². The lowest BCUT2D eigenvalue weighted by atomic mass is 10.2. The Hall–Kier alpha value is -4.66. The summed E-state index contributed by atoms with van der Waals surface area (Å²) in [4.78, 5) is 39.9. The van der Waals surface area contributed by atoms with E-state index in [1.54, 1.807) is 42.8 Å². The van der Waals surface area contributed by atoms with Gasteiger partial charge in [-0.15, -0.1) is 6.42 Å². The smallest absolute Gasteiger partial charge is 0.358 e. The number of carbonyl (C=O) groups is 1. The average molecular weight is 532 g/mol. The van der Waals surface area contributed by atoms with Crippen LogP contribution < -0.4 is 10.6 Å². The van der Waals surface area contributed by atoms with Gasteiger partial charge in [0.1, 0.15) is 30.7 Å². The molecule has 38 heavy (non-hydrogen) atoms. The van der Waals surface area contributed by atoms with E-state index in [1.165, 1.54) is 12.4 Å². The maximum absolute atomic E-state index is 12.6. The molecule has 12 heteroatoms. The second-order valence-electron chi connectivity index (χ2n) is 9.14. The number of benzene rings is 1. The first kappa shape index (κ1) is 26.4. The molecule has 1 aromatic carbocycles. The van der Waals surface area contributed by atoms with E-state index in [0.717, 1.165) is 0 Å². The predicted molar refractivity (Wildman–Crippen MR) is 147 cm³/mol. The maximum Gasteiger partial charge on any atom is 0.368 e. The highest BCUT2D eigenvalue weighted by molar-refractivity contribution is 6.31. The monoisotopic (exact) mass is 531 g/mol. The van der Waals surface area contributed by atoms with Gasteiger partial charge >= 0.3 is 5.82 Å². The summed E-state index contributed by atoms with van der Waals surface area (Å²) >= 11 is 6.10. The van der Waals surface area contributed by atoms with Crippen molar-refractivity contribution >= 4 is 51.9 Å². The standard InChI is InChI=1S/C26H23ClN8O3/c1-4-17-12-19(7-8-21(17)27)32-25-20-13-23(29-14-22(20)30-16-31-25)33-24(36)6-5-11-35(2,3)15-18-9-10-28-26(18)34(37)38/h1,5-8,10,12-14,16H,9,11,15H2,2-3H3,(H-,29,30,31,32,33,36)/p+1/b6-5+. The van der Waals surface area contributed by atoms with Crippen LogP contribution in [0.1, 0.15) is 12.0 Å². The van der Waals surface area contributed by atoms with Gasteiger partial charge in [0.15, 0.2) is 0 Å². The Morgan fingerprint density at radius 2 is 2.11 bits per heavy atom. The number of pyridine rings is 1. The van der Waals surface area contributed by atoms with Gasteiger partial charge in [-0.05, 0) is 35.3 Å². The fraction of sp³-hybridized carbons (Fsp3) is 0.192. The number of fused-ring (bicyclic) bond motifs is 1. The Morgan fingerprint density at radius 3 is 2.87 bits per heavy atom. The Kier molecular flexibility index (Phi) is 7.76. The van der Waals surface area contributed by atoms with E-state index in [9.17, 15) is 14.9 Å². The van der Waals surface area contributed by atoms with Gasteiger partial charge in [0, 0.05) is 29.1 Å². The molecule has 4 rings (SSSR count). The molecule has 0 unspecified atom stereocenters. The SMILES string of the molecule is C#Cc1cc(Nc2ncnc3cnc(NC(=O)/C=C/C[N+](C)(C)CC4=C([N+](=O)[O-])N=CC4)cc23)ccc1Cl. The topological polar surface area (TPSA) is 135 Å². The van der Waals surface area contributed by atoms with Gasteiger partial charge in [-0.1, -0.05) is 22.5 Å². The maximum atomic E-state index is 12.6. The molecule has 0 atom stereocenters. The molecule has 0 fully saturated rings. The Morgan fingerprint density at radius 1 is 1.29 bits per heavy atom. The molecule has 3 heterocycles. The van der Waals surface area contributed by atoms with Gasteiger partial charge in [0.25, 0.3) is 0 Å². The van der Waals surface area contributed by atoms with Crippen LogP contribution in [0.25, 0.3) is 10.9 Å². The number of quaternary nitrogens is 1. The minimum Gasteiger partial charge on any atom is -0.358 e. The third kappa shape index (κ3) is 6.36. The summed E-state index contributed by atoms with van der Waals surface area (Å²) in [6.07, 6.45) is 13.6. The van der Waals surface area contributed by atoms with Crippen LogP contribution in [0.4, 0.5) is 17.3 Å². The number of amides is 1. The molecule has 1 amide bonds. The van der Waals surface area contributed by atoms with E-state index in [-0.39, 0.29) is 11.7 Å². The van der Waals surface area contributed by atoms with Crippen LogP contribution in [-0.4, -0.2) is 63.7 Å². The van der Waals surface area contributed by atoms with Crippen molar-refractivity contribution < 1.29 is 14.2 Å². The zero-order valence-corrected chi connectivity index (χ0v) is 21.4. The number of halogens is 1. The summed E-state index contributed by atoms with van der Waals surface area (Å²) in [5, 5.41) is 18.2. The van der Waals surface area contributed by atoms with E-state index < -0.39 is 4.92 Å². The van der Waals surface area contributed by atoms with Gasteiger partial charge in [-0.2, -0.15) is 0 Å². The number of carbonyl (C=O) groups excluding carboxylic acids is 1. The summed E-state index contributed by atoms with van der Waals surface area (Å²) in [7, 11) is 3.86. The number of hydrogen-bond donors (Lipinski definition) is 2. The summed E-state index contributed by atoms with van der Waals surface area (Å²) in [5.74, 6) is 2.91. The van der Waals surface area contributed by atoms with Crippen molar-refractivity contribution in [3.63, 3.8) is 0 Å². The summed E-state index contributed by atoms with van der Waals surface area (Å²) in [6, 6.07) is 6.88. The molecule has 0 bridgehead atoms. The zero-order chi connectivity index (χ0) is 27.3. The second-order valence-corrected chi connectivity index (χ2v) is 9.55. The second kappa shape index (κ2) is 11.2. The Bertz CT molecular complexity index is 1560. The van der Waals surface area contributed by atoms with Crippen molar-refractivity contribution in [2.45, 2.75) is 6.42 Å². The molecule has 3 aromatic rings. The number of anilines is 3. The summed E-state index contributed by atoms with van der Waals surface area (Å²) in [6.45, 7) is 0.927. The molecule has 0 spiro atoms. The molecular weight excluding hydrogens is 508 g/mol. The van der Waals surface area contributed by atoms with Gasteiger partial charge in [-0.3, -0.25) is 4.79 Å². The average Bonchev–Trinajstić information content (AvgIpc) is 3.33. The van der Waals surface area contributed by atoms with E-state index in [0.29, 0.717) is 68.4 Å². The van der Waals surface area contributed by atoms with Gasteiger partial charge < -0.3 is 25.2 Å². The molecule has 1 aliphatic rings. The zero-order valence-electron chi connectivity index (χ0n) is 20.7. The first-order chi connectivity index (χ1) is 18.1. The number of rotatable bonds is 9. The van der Waals surface area contributed by atoms with Crippen LogP contribution in [0, 0.1) is 22.5 Å². The normalized spacial score (nSPS) is 13.2. The van der Waals surface area contributed by atoms with Crippen LogP contribution >= 0.6 is 11.6 Å². The fourth-order valence-electron chi connectivity index (χ4n) is 3.91. The Labute approximate surface area is 223 Å². The predicted octanol–water partition coefficient (Wildman–Crippen LogP) is 3.94. The highest BCUT2D eigenvalue weighted by Gasteiger charge is 2.28. The number of aliphatic imine (C=N–C) groups is 1. The molecule has 2 aromatic heterocycles. The first-order valence-electron chi connectivity index (χ1n) is 11.5. The lowest BCUT2D eigenvalue weighted by molar-refractivity contribution is -0.880. The summed E-state index contributed by atoms with van der Waals surface area (Å²) in [5.41, 5.74) is 2.49. The van der Waals surface area contributed by atoms with Gasteiger partial charge in [-0.25, -0.2) is 15.0 Å². The number of likely N-dealkylation sites (N-methyl/N-ethyl adjacent to an activating group) is 1. The lowest BCUT2D eigenvalue weighted by Crippen LogP contribution is -2.41. The molecule has 0 saturated carbocycles. The number of hydrogen-bond acceptors (Lipinski definition) is 8. The molecule has 2 N–H and O–H groups in total. The molecule has 1 aliphatic heterocycles. The molecule has 192 valence electrons. The fourth-order valence-corrected chi connectivity index (χ4v) is 4.08. The van der Waals surface area contributed by atoms with Crippen LogP contribution in [0.15, 0.2) is 65.3 Å². The van der Waals surface area contributed by atoms with Crippen LogP contribution in [0.2, 0.25) is 5.02 Å². The van der Waals surface area contributed by atoms with E-state index in [1.807, 2.05) is 14.1 Å². The largest absolute Gasteiger partial charge is 0.368 e. The molecule has 0 aliphatic carbocycles. The van der Waals surface area contributed by atoms with E-state index in [4.69, 9.17) is 18.0 Å². The van der Waals surface area contributed by atoms with Crippen molar-refractivity contribution in [2.75, 3.05) is 37.8 Å². The minimum atomic E-state index is -0.464. The van der Waals surface area contributed by atoms with Gasteiger partial charge in [0.2, 0.25) is 5.91 Å². The quantitative estimate of drug-likeness (QED) is 0.140. The van der Waals surface area contributed by atoms with Crippen LogP contribution in [0.5, 0.6) is 0 Å². The number of nitro groups is 1. The Balaban J connectivity index is 1.43. The third-order valence-corrected chi connectivity index (χ3v) is 6.02. The number of terminal acetylenes is 1. The van der Waals surface area contributed by atoms with Gasteiger partial charge in [0.05, 0.1) is 42.9 Å². The van der Waals surface area contributed by atoms with E-state index >= 15 is 0 Å². The molecule has 11 nitrogen and oxygen atoms in total. The van der Waals surface area contributed by atoms with E-state index in [2.05, 4.69) is 36.5 Å². The number of nitrogens with one attached hydrogen (secondary N) is 2. The molecular formula is C26H24ClN8O3+. The first-order valence-corrected chi connectivity index (χ1v) is 11.9. The highest BCUT2D eigenvalue weighted by Crippen LogP contribution is 2.27. The number of nitrogens with zero attached hydrogens (tertiary/aromatic N) is 6. The van der Waals surface area contributed by atoms with Crippen molar-refractivity contribution in [3.05, 3.63) is 81.0 Å². The lowest BCUT2D eigenvalue weighted by Gasteiger charge is -2.28. The highest BCUT2D eigenvalue weighted by atomic mass is 35.5. The van der Waals surface area contributed by atoms with Crippen molar-refractivity contribution in [1.82, 2.24) is 15.0 Å².